The van der Waals surface area contributed by atoms with Crippen molar-refractivity contribution in [2.75, 3.05) is 11.9 Å². The van der Waals surface area contributed by atoms with Crippen molar-refractivity contribution in [1.82, 2.24) is 0 Å². The van der Waals surface area contributed by atoms with Crippen molar-refractivity contribution in [2.24, 2.45) is 0 Å². The molecule has 0 aliphatic heterocycles. The summed E-state index contributed by atoms with van der Waals surface area (Å²) in [5.41, 5.74) is 2.74. The number of anilines is 1. The zero-order chi connectivity index (χ0) is 21.3. The lowest BCUT2D eigenvalue weighted by Gasteiger charge is -2.15. The van der Waals surface area contributed by atoms with E-state index in [4.69, 9.17) is 9.47 Å². The molecule has 0 aliphatic carbocycles. The van der Waals surface area contributed by atoms with Gasteiger partial charge in [-0.15, -0.1) is 0 Å². The molecule has 3 aromatic carbocycles. The lowest BCUT2D eigenvalue weighted by Crippen LogP contribution is -2.29. The second kappa shape index (κ2) is 10.2. The van der Waals surface area contributed by atoms with Gasteiger partial charge in [0.15, 0.2) is 12.7 Å². The minimum Gasteiger partial charge on any atom is -0.479 e. The summed E-state index contributed by atoms with van der Waals surface area (Å²) < 4.78 is 23.4. The van der Waals surface area contributed by atoms with Crippen molar-refractivity contribution in [2.45, 2.75) is 19.4 Å². The van der Waals surface area contributed by atoms with Crippen LogP contribution < -0.4 is 10.1 Å². The minimum atomic E-state index is -0.936. The smallest absolute Gasteiger partial charge is 0.347 e. The molecule has 3 rings (SSSR count). The van der Waals surface area contributed by atoms with Crippen molar-refractivity contribution >= 4 is 17.6 Å². The van der Waals surface area contributed by atoms with E-state index in [1.165, 1.54) is 31.2 Å². The number of ether oxygens (including phenoxy) is 2. The van der Waals surface area contributed by atoms with Crippen LogP contribution in [0.2, 0.25) is 0 Å². The molecule has 154 valence electrons. The molecule has 0 spiro atoms. The van der Waals surface area contributed by atoms with Crippen LogP contribution in [0.3, 0.4) is 0 Å². The first-order valence-electron chi connectivity index (χ1n) is 9.52. The van der Waals surface area contributed by atoms with Crippen LogP contribution in [0.4, 0.5) is 10.1 Å². The van der Waals surface area contributed by atoms with Crippen LogP contribution in [0, 0.1) is 5.82 Å². The summed E-state index contributed by atoms with van der Waals surface area (Å²) in [7, 11) is 0. The van der Waals surface area contributed by atoms with Gasteiger partial charge < -0.3 is 14.8 Å². The van der Waals surface area contributed by atoms with Crippen molar-refractivity contribution in [3.63, 3.8) is 0 Å². The molecule has 1 amide bonds. The maximum atomic E-state index is 12.9. The summed E-state index contributed by atoms with van der Waals surface area (Å²) in [5, 5.41) is 2.78. The Morgan fingerprint density at radius 3 is 2.33 bits per heavy atom. The molecule has 0 fully saturated rings. The quantitative estimate of drug-likeness (QED) is 0.564. The molecule has 0 heterocycles. The van der Waals surface area contributed by atoms with E-state index in [1.807, 2.05) is 48.5 Å². The van der Waals surface area contributed by atoms with Crippen LogP contribution in [0.5, 0.6) is 5.75 Å². The van der Waals surface area contributed by atoms with Crippen LogP contribution in [0.1, 0.15) is 18.1 Å². The van der Waals surface area contributed by atoms with Crippen molar-refractivity contribution < 1.29 is 23.5 Å². The second-order valence-corrected chi connectivity index (χ2v) is 6.69. The number of rotatable bonds is 8. The topological polar surface area (TPSA) is 64.6 Å². The summed E-state index contributed by atoms with van der Waals surface area (Å²) in [4.78, 5) is 24.3. The van der Waals surface area contributed by atoms with E-state index in [1.54, 1.807) is 6.07 Å². The van der Waals surface area contributed by atoms with Crippen LogP contribution in [0.15, 0.2) is 78.9 Å². The predicted molar refractivity (Wildman–Crippen MR) is 112 cm³/mol. The number of benzene rings is 3. The molecule has 30 heavy (non-hydrogen) atoms. The highest BCUT2D eigenvalue weighted by molar-refractivity contribution is 5.93. The number of hydrogen-bond acceptors (Lipinski definition) is 4. The maximum absolute atomic E-state index is 12.9. The fourth-order valence-electron chi connectivity index (χ4n) is 2.82. The SMILES string of the molecule is C[C@@H](Oc1ccc(F)cc1)C(=O)OCC(=O)Nc1ccccc1Cc1ccccc1. The van der Waals surface area contributed by atoms with Gasteiger partial charge in [-0.1, -0.05) is 48.5 Å². The number of nitrogens with one attached hydrogen (secondary N) is 1. The number of halogens is 1. The monoisotopic (exact) mass is 407 g/mol. The third-order valence-electron chi connectivity index (χ3n) is 4.33. The number of amides is 1. The first-order valence-corrected chi connectivity index (χ1v) is 9.52. The first kappa shape index (κ1) is 21.0. The Bertz CT molecular complexity index is 990. The minimum absolute atomic E-state index is 0.333. The van der Waals surface area contributed by atoms with Crippen molar-refractivity contribution in [1.29, 1.82) is 0 Å². The van der Waals surface area contributed by atoms with Crippen molar-refractivity contribution in [3.05, 3.63) is 95.8 Å². The highest BCUT2D eigenvalue weighted by atomic mass is 19.1. The molecule has 1 N–H and O–H groups in total. The van der Waals surface area contributed by atoms with Gasteiger partial charge >= 0.3 is 5.97 Å². The van der Waals surface area contributed by atoms with Gasteiger partial charge in [-0.2, -0.15) is 0 Å². The Kier molecular flexibility index (Phi) is 7.16. The molecule has 0 aliphatic rings. The van der Waals surface area contributed by atoms with E-state index in [2.05, 4.69) is 5.32 Å². The molecule has 5 nitrogen and oxygen atoms in total. The molecule has 0 radical (unpaired) electrons. The largest absolute Gasteiger partial charge is 0.479 e. The second-order valence-electron chi connectivity index (χ2n) is 6.69. The van der Waals surface area contributed by atoms with Gasteiger partial charge in [-0.25, -0.2) is 9.18 Å². The average Bonchev–Trinajstić information content (AvgIpc) is 2.75. The zero-order valence-corrected chi connectivity index (χ0v) is 16.5. The molecule has 1 atom stereocenters. The number of carbonyl (C=O) groups is 2. The van der Waals surface area contributed by atoms with E-state index in [9.17, 15) is 14.0 Å². The molecule has 0 saturated heterocycles. The van der Waals surface area contributed by atoms with E-state index in [0.717, 1.165) is 11.1 Å². The average molecular weight is 407 g/mol. The van der Waals surface area contributed by atoms with Crippen LogP contribution in [-0.4, -0.2) is 24.6 Å². The summed E-state index contributed by atoms with van der Waals surface area (Å²) in [6, 6.07) is 22.7. The molecule has 0 unspecified atom stereocenters. The number of para-hydroxylation sites is 1. The third-order valence-corrected chi connectivity index (χ3v) is 4.33. The van der Waals surface area contributed by atoms with Gasteiger partial charge in [0.2, 0.25) is 0 Å². The van der Waals surface area contributed by atoms with Crippen molar-refractivity contribution in [3.8, 4) is 5.75 Å². The van der Waals surface area contributed by atoms with Gasteiger partial charge in [0.05, 0.1) is 0 Å². The molecular formula is C24H22FNO4. The number of esters is 1. The molecule has 6 heteroatoms. The number of hydrogen-bond donors (Lipinski definition) is 1. The number of carbonyl (C=O) groups excluding carboxylic acids is 2. The first-order chi connectivity index (χ1) is 14.5. The Morgan fingerprint density at radius 1 is 0.933 bits per heavy atom. The molecule has 0 saturated carbocycles. The Labute approximate surface area is 174 Å². The third kappa shape index (κ3) is 6.17. The highest BCUT2D eigenvalue weighted by Crippen LogP contribution is 2.19. The lowest BCUT2D eigenvalue weighted by molar-refractivity contribution is -0.153. The predicted octanol–water partition coefficient (Wildman–Crippen LogP) is 4.37. The van der Waals surface area contributed by atoms with Gasteiger partial charge in [-0.05, 0) is 54.8 Å². The normalized spacial score (nSPS) is 11.4. The summed E-state index contributed by atoms with van der Waals surface area (Å²) in [6.07, 6.45) is -0.270. The van der Waals surface area contributed by atoms with E-state index in [0.29, 0.717) is 17.9 Å². The van der Waals surface area contributed by atoms with Gasteiger partial charge in [0.1, 0.15) is 11.6 Å². The van der Waals surface area contributed by atoms with E-state index < -0.39 is 30.4 Å². The van der Waals surface area contributed by atoms with Gasteiger partial charge in [0, 0.05) is 5.69 Å². The van der Waals surface area contributed by atoms with Crippen LogP contribution >= 0.6 is 0 Å². The zero-order valence-electron chi connectivity index (χ0n) is 16.5. The summed E-state index contributed by atoms with van der Waals surface area (Å²) >= 11 is 0. The van der Waals surface area contributed by atoms with Gasteiger partial charge in [-0.3, -0.25) is 4.79 Å². The standard InChI is InChI=1S/C24H22FNO4/c1-17(30-21-13-11-20(25)12-14-21)24(28)29-16-23(27)26-22-10-6-5-9-19(22)15-18-7-3-2-4-8-18/h2-14,17H,15-16H2,1H3,(H,26,27)/t17-/m1/s1. The lowest BCUT2D eigenvalue weighted by atomic mass is 10.0. The fourth-order valence-corrected chi connectivity index (χ4v) is 2.82. The van der Waals surface area contributed by atoms with Crippen LogP contribution in [-0.2, 0) is 20.7 Å². The molecule has 0 bridgehead atoms. The fraction of sp³-hybridized carbons (Fsp3) is 0.167. The van der Waals surface area contributed by atoms with E-state index in [-0.39, 0.29) is 0 Å². The summed E-state index contributed by atoms with van der Waals surface area (Å²) in [6.45, 7) is 1.06. The maximum Gasteiger partial charge on any atom is 0.347 e. The molecule has 0 aromatic heterocycles. The van der Waals surface area contributed by atoms with E-state index >= 15 is 0 Å². The molecule has 3 aromatic rings. The van der Waals surface area contributed by atoms with Gasteiger partial charge in [0.25, 0.3) is 5.91 Å². The summed E-state index contributed by atoms with van der Waals surface area (Å²) in [5.74, 6) is -1.20. The molecular weight excluding hydrogens is 385 g/mol. The Hall–Kier alpha value is -3.67. The van der Waals surface area contributed by atoms with Crippen LogP contribution in [0.25, 0.3) is 0 Å². The highest BCUT2D eigenvalue weighted by Gasteiger charge is 2.18. The Balaban J connectivity index is 1.52. The Morgan fingerprint density at radius 2 is 1.60 bits per heavy atom.